The molecule has 0 aliphatic rings. The highest BCUT2D eigenvalue weighted by molar-refractivity contribution is 7.08. The second-order valence-corrected chi connectivity index (χ2v) is 4.58. The molecule has 2 rings (SSSR count). The summed E-state index contributed by atoms with van der Waals surface area (Å²) >= 11 is 7.34. The topological polar surface area (TPSA) is 29.1 Å². The molecule has 0 radical (unpaired) electrons. The Balaban J connectivity index is 1.95. The third-order valence-corrected chi connectivity index (χ3v) is 3.06. The van der Waals surface area contributed by atoms with Crippen molar-refractivity contribution in [3.8, 4) is 0 Å². The highest BCUT2D eigenvalue weighted by atomic mass is 35.5. The van der Waals surface area contributed by atoms with Crippen molar-refractivity contribution in [1.29, 1.82) is 0 Å². The molecule has 0 aliphatic carbocycles. The van der Waals surface area contributed by atoms with Gasteiger partial charge in [0.2, 0.25) is 5.91 Å². The summed E-state index contributed by atoms with van der Waals surface area (Å²) in [6, 6.07) is 9.03. The first-order valence-corrected chi connectivity index (χ1v) is 6.12. The lowest BCUT2D eigenvalue weighted by molar-refractivity contribution is -0.115. The standard InChI is InChI=1S/C12H10ClNOS/c13-10-1-3-11(4-2-10)14-12(15)7-9-5-6-16-8-9/h1-6,8H,7H2,(H,14,15). The molecule has 0 fully saturated rings. The third-order valence-electron chi connectivity index (χ3n) is 2.07. The van der Waals surface area contributed by atoms with Gasteiger partial charge in [-0.25, -0.2) is 0 Å². The van der Waals surface area contributed by atoms with Crippen molar-refractivity contribution >= 4 is 34.5 Å². The van der Waals surface area contributed by atoms with Gasteiger partial charge in [0.15, 0.2) is 0 Å². The van der Waals surface area contributed by atoms with Crippen molar-refractivity contribution in [2.24, 2.45) is 0 Å². The summed E-state index contributed by atoms with van der Waals surface area (Å²) in [5.74, 6) is -0.0132. The maximum absolute atomic E-state index is 11.6. The average Bonchev–Trinajstić information content (AvgIpc) is 2.74. The van der Waals surface area contributed by atoms with Crippen molar-refractivity contribution in [1.82, 2.24) is 0 Å². The van der Waals surface area contributed by atoms with E-state index in [1.54, 1.807) is 35.6 Å². The molecule has 0 atom stereocenters. The van der Waals surface area contributed by atoms with E-state index in [0.717, 1.165) is 11.3 Å². The monoisotopic (exact) mass is 251 g/mol. The van der Waals surface area contributed by atoms with Gasteiger partial charge in [0, 0.05) is 10.7 Å². The number of amides is 1. The second kappa shape index (κ2) is 5.14. The number of carbonyl (C=O) groups is 1. The molecule has 2 nitrogen and oxygen atoms in total. The SMILES string of the molecule is O=C(Cc1ccsc1)Nc1ccc(Cl)cc1. The normalized spacial score (nSPS) is 10.1. The molecule has 1 aromatic heterocycles. The smallest absolute Gasteiger partial charge is 0.228 e. The molecule has 0 saturated heterocycles. The fourth-order valence-corrected chi connectivity index (χ4v) is 2.11. The number of benzene rings is 1. The van der Waals surface area contributed by atoms with Crippen molar-refractivity contribution in [3.63, 3.8) is 0 Å². The van der Waals surface area contributed by atoms with Crippen molar-refractivity contribution in [2.75, 3.05) is 5.32 Å². The third kappa shape index (κ3) is 3.08. The minimum Gasteiger partial charge on any atom is -0.326 e. The molecular formula is C12H10ClNOS. The quantitative estimate of drug-likeness (QED) is 0.888. The molecule has 1 amide bonds. The van der Waals surface area contributed by atoms with Gasteiger partial charge in [0.1, 0.15) is 0 Å². The number of carbonyl (C=O) groups excluding carboxylic acids is 1. The summed E-state index contributed by atoms with van der Waals surface area (Å²) < 4.78 is 0. The van der Waals surface area contributed by atoms with Crippen LogP contribution in [0.15, 0.2) is 41.1 Å². The fraction of sp³-hybridized carbons (Fsp3) is 0.0833. The van der Waals surface area contributed by atoms with E-state index in [1.807, 2.05) is 16.8 Å². The molecule has 0 bridgehead atoms. The van der Waals surface area contributed by atoms with Crippen LogP contribution in [0, 0.1) is 0 Å². The van der Waals surface area contributed by atoms with Crippen LogP contribution in [0.3, 0.4) is 0 Å². The van der Waals surface area contributed by atoms with Crippen LogP contribution in [-0.4, -0.2) is 5.91 Å². The summed E-state index contributed by atoms with van der Waals surface area (Å²) in [5, 5.41) is 7.41. The van der Waals surface area contributed by atoms with Gasteiger partial charge in [-0.15, -0.1) is 0 Å². The number of anilines is 1. The maximum Gasteiger partial charge on any atom is 0.228 e. The van der Waals surface area contributed by atoms with Crippen molar-refractivity contribution < 1.29 is 4.79 Å². The van der Waals surface area contributed by atoms with Gasteiger partial charge >= 0.3 is 0 Å². The van der Waals surface area contributed by atoms with Crippen LogP contribution in [-0.2, 0) is 11.2 Å². The Morgan fingerprint density at radius 3 is 2.62 bits per heavy atom. The van der Waals surface area contributed by atoms with E-state index in [1.165, 1.54) is 0 Å². The first kappa shape index (κ1) is 11.2. The van der Waals surface area contributed by atoms with E-state index in [-0.39, 0.29) is 5.91 Å². The predicted molar refractivity (Wildman–Crippen MR) is 68.1 cm³/mol. The summed E-state index contributed by atoms with van der Waals surface area (Å²) in [7, 11) is 0. The maximum atomic E-state index is 11.6. The molecule has 4 heteroatoms. The van der Waals surface area contributed by atoms with E-state index in [0.29, 0.717) is 11.4 Å². The highest BCUT2D eigenvalue weighted by Crippen LogP contribution is 2.14. The van der Waals surface area contributed by atoms with Crippen LogP contribution < -0.4 is 5.32 Å². The molecule has 1 heterocycles. The summed E-state index contributed by atoms with van der Waals surface area (Å²) in [6.45, 7) is 0. The predicted octanol–water partition coefficient (Wildman–Crippen LogP) is 3.58. The zero-order valence-corrected chi connectivity index (χ0v) is 10.0. The van der Waals surface area contributed by atoms with Crippen LogP contribution >= 0.6 is 22.9 Å². The lowest BCUT2D eigenvalue weighted by Crippen LogP contribution is -2.13. The first-order valence-electron chi connectivity index (χ1n) is 4.80. The minimum atomic E-state index is -0.0132. The molecule has 0 spiro atoms. The second-order valence-electron chi connectivity index (χ2n) is 3.36. The number of thiophene rings is 1. The number of hydrogen-bond donors (Lipinski definition) is 1. The zero-order valence-electron chi connectivity index (χ0n) is 8.44. The van der Waals surface area contributed by atoms with Crippen LogP contribution in [0.1, 0.15) is 5.56 Å². The number of rotatable bonds is 3. The van der Waals surface area contributed by atoms with Crippen LogP contribution in [0.4, 0.5) is 5.69 Å². The van der Waals surface area contributed by atoms with Gasteiger partial charge in [-0.1, -0.05) is 11.6 Å². The molecule has 16 heavy (non-hydrogen) atoms. The lowest BCUT2D eigenvalue weighted by atomic mass is 10.2. The summed E-state index contributed by atoms with van der Waals surface area (Å²) in [4.78, 5) is 11.6. The largest absolute Gasteiger partial charge is 0.326 e. The molecule has 0 unspecified atom stereocenters. The first-order chi connectivity index (χ1) is 7.74. The molecule has 1 N–H and O–H groups in total. The Morgan fingerprint density at radius 1 is 1.25 bits per heavy atom. The molecule has 2 aromatic rings. The summed E-state index contributed by atoms with van der Waals surface area (Å²) in [6.07, 6.45) is 0.409. The average molecular weight is 252 g/mol. The van der Waals surface area contributed by atoms with Gasteiger partial charge in [-0.05, 0) is 46.7 Å². The number of hydrogen-bond acceptors (Lipinski definition) is 2. The highest BCUT2D eigenvalue weighted by Gasteiger charge is 2.03. The van der Waals surface area contributed by atoms with Gasteiger partial charge in [0.25, 0.3) is 0 Å². The lowest BCUT2D eigenvalue weighted by Gasteiger charge is -2.03. The molecule has 82 valence electrons. The van der Waals surface area contributed by atoms with E-state index in [4.69, 9.17) is 11.6 Å². The number of nitrogens with one attached hydrogen (secondary N) is 1. The van der Waals surface area contributed by atoms with Crippen molar-refractivity contribution in [2.45, 2.75) is 6.42 Å². The summed E-state index contributed by atoms with van der Waals surface area (Å²) in [5.41, 5.74) is 1.81. The van der Waals surface area contributed by atoms with E-state index >= 15 is 0 Å². The van der Waals surface area contributed by atoms with Gasteiger partial charge in [0.05, 0.1) is 6.42 Å². The van der Waals surface area contributed by atoms with E-state index < -0.39 is 0 Å². The Kier molecular flexibility index (Phi) is 3.59. The fourth-order valence-electron chi connectivity index (χ4n) is 1.32. The minimum absolute atomic E-state index is 0.0132. The molecular weight excluding hydrogens is 242 g/mol. The Morgan fingerprint density at radius 2 is 2.00 bits per heavy atom. The van der Waals surface area contributed by atoms with E-state index in [2.05, 4.69) is 5.32 Å². The molecule has 0 saturated carbocycles. The Hall–Kier alpha value is -1.32. The van der Waals surface area contributed by atoms with Gasteiger partial charge in [-0.3, -0.25) is 4.79 Å². The van der Waals surface area contributed by atoms with E-state index in [9.17, 15) is 4.79 Å². The van der Waals surface area contributed by atoms with Crippen LogP contribution in [0.2, 0.25) is 5.02 Å². The van der Waals surface area contributed by atoms with Crippen molar-refractivity contribution in [3.05, 3.63) is 51.7 Å². The van der Waals surface area contributed by atoms with Gasteiger partial charge in [-0.2, -0.15) is 11.3 Å². The van der Waals surface area contributed by atoms with Crippen LogP contribution in [0.25, 0.3) is 0 Å². The zero-order chi connectivity index (χ0) is 11.4. The van der Waals surface area contributed by atoms with Crippen LogP contribution in [0.5, 0.6) is 0 Å². The molecule has 1 aromatic carbocycles. The Bertz CT molecular complexity index is 464. The molecule has 0 aliphatic heterocycles. The number of halogens is 1. The van der Waals surface area contributed by atoms with Gasteiger partial charge < -0.3 is 5.32 Å². The Labute approximate surface area is 103 Å².